The molecule has 0 unspecified atom stereocenters. The zero-order chi connectivity index (χ0) is 26.2. The third-order valence-electron chi connectivity index (χ3n) is 6.97. The lowest BCUT2D eigenvalue weighted by molar-refractivity contribution is 0.356. The summed E-state index contributed by atoms with van der Waals surface area (Å²) in [5, 5.41) is 13.0. The standard InChI is InChI=1S/C29H26FN7S/c1-4-17(14-19(5-2)33-16(3)18-8-6-9-18)25-24(30)23-21(15-32-25)36-37-27(23)29-34-26-20(22-10-7-13-38-22)11-12-31-28(26)35-29/h4-5,7,10-15,18,33H,2-3,6,8-9H2,1H3,(H,36,37)(H,31,34,35)/b17-4+,19-14+. The lowest BCUT2D eigenvalue weighted by Crippen LogP contribution is -2.23. The van der Waals surface area contributed by atoms with E-state index in [2.05, 4.69) is 48.6 Å². The number of hydrogen-bond acceptors (Lipinski definition) is 6. The Labute approximate surface area is 223 Å². The number of pyridine rings is 2. The highest BCUT2D eigenvalue weighted by Crippen LogP contribution is 2.35. The van der Waals surface area contributed by atoms with Crippen molar-refractivity contribution in [3.8, 4) is 22.0 Å². The molecule has 190 valence electrons. The highest BCUT2D eigenvalue weighted by molar-refractivity contribution is 7.13. The van der Waals surface area contributed by atoms with Gasteiger partial charge in [0.25, 0.3) is 0 Å². The molecule has 7 nitrogen and oxygen atoms in total. The first-order chi connectivity index (χ1) is 18.6. The Morgan fingerprint density at radius 3 is 2.84 bits per heavy atom. The van der Waals surface area contributed by atoms with Crippen LogP contribution in [0.2, 0.25) is 0 Å². The molecule has 0 amide bonds. The largest absolute Gasteiger partial charge is 0.359 e. The van der Waals surface area contributed by atoms with E-state index < -0.39 is 5.82 Å². The summed E-state index contributed by atoms with van der Waals surface area (Å²) in [6.45, 7) is 9.94. The average Bonchev–Trinajstić information content (AvgIpc) is 3.65. The van der Waals surface area contributed by atoms with Gasteiger partial charge in [0.1, 0.15) is 11.4 Å². The Kier molecular flexibility index (Phi) is 6.21. The highest BCUT2D eigenvalue weighted by Gasteiger charge is 2.23. The predicted molar refractivity (Wildman–Crippen MR) is 152 cm³/mol. The quantitative estimate of drug-likeness (QED) is 0.188. The molecule has 5 aromatic rings. The van der Waals surface area contributed by atoms with Crippen LogP contribution in [0.15, 0.2) is 78.8 Å². The molecule has 0 atom stereocenters. The minimum Gasteiger partial charge on any atom is -0.359 e. The van der Waals surface area contributed by atoms with Crippen LogP contribution < -0.4 is 5.32 Å². The topological polar surface area (TPSA) is 95.2 Å². The van der Waals surface area contributed by atoms with Crippen LogP contribution in [0.3, 0.4) is 0 Å². The number of thiophene rings is 1. The van der Waals surface area contributed by atoms with Crippen LogP contribution in [-0.2, 0) is 0 Å². The van der Waals surface area contributed by atoms with E-state index in [1.54, 1.807) is 29.8 Å². The van der Waals surface area contributed by atoms with Crippen LogP contribution in [0.4, 0.5) is 4.39 Å². The number of aromatic amines is 2. The molecule has 0 saturated heterocycles. The van der Waals surface area contributed by atoms with Crippen LogP contribution in [0, 0.1) is 11.7 Å². The number of halogens is 1. The van der Waals surface area contributed by atoms with E-state index in [1.165, 1.54) is 6.42 Å². The van der Waals surface area contributed by atoms with Crippen LogP contribution in [0.25, 0.3) is 49.6 Å². The predicted octanol–water partition coefficient (Wildman–Crippen LogP) is 7.14. The molecule has 9 heteroatoms. The minimum absolute atomic E-state index is 0.214. The summed E-state index contributed by atoms with van der Waals surface area (Å²) in [7, 11) is 0. The van der Waals surface area contributed by atoms with Crippen molar-refractivity contribution >= 4 is 39.0 Å². The molecule has 1 saturated carbocycles. The van der Waals surface area contributed by atoms with E-state index in [-0.39, 0.29) is 5.69 Å². The number of nitrogens with one attached hydrogen (secondary N) is 3. The fourth-order valence-electron chi connectivity index (χ4n) is 4.65. The van der Waals surface area contributed by atoms with Crippen molar-refractivity contribution in [1.82, 2.24) is 35.5 Å². The zero-order valence-corrected chi connectivity index (χ0v) is 21.7. The van der Waals surface area contributed by atoms with Crippen molar-refractivity contribution < 1.29 is 4.39 Å². The van der Waals surface area contributed by atoms with Gasteiger partial charge in [-0.25, -0.2) is 14.4 Å². The number of hydrogen-bond donors (Lipinski definition) is 3. The summed E-state index contributed by atoms with van der Waals surface area (Å²) in [6.07, 6.45) is 12.2. The molecule has 1 fully saturated rings. The first kappa shape index (κ1) is 24.0. The molecule has 5 aromatic heterocycles. The third-order valence-corrected chi connectivity index (χ3v) is 7.87. The highest BCUT2D eigenvalue weighted by atomic mass is 32.1. The maximum absolute atomic E-state index is 16.1. The van der Waals surface area contributed by atoms with E-state index in [1.807, 2.05) is 42.7 Å². The van der Waals surface area contributed by atoms with Crippen molar-refractivity contribution in [3.63, 3.8) is 0 Å². The minimum atomic E-state index is -0.483. The SMILES string of the molecule is C=C/C(=C\C(=C/C)c1ncc2[nH]nc(-c3nc4nccc(-c5cccs5)c4[nH]3)c2c1F)NC(=C)C1CCC1. The fourth-order valence-corrected chi connectivity index (χ4v) is 5.41. The number of rotatable bonds is 8. The summed E-state index contributed by atoms with van der Waals surface area (Å²) < 4.78 is 16.1. The normalized spacial score (nSPS) is 14.7. The molecule has 0 aromatic carbocycles. The lowest BCUT2D eigenvalue weighted by Gasteiger charge is -2.28. The van der Waals surface area contributed by atoms with Crippen molar-refractivity contribution in [2.75, 3.05) is 0 Å². The molecule has 0 radical (unpaired) electrons. The lowest BCUT2D eigenvalue weighted by atomic mass is 9.83. The van der Waals surface area contributed by atoms with Gasteiger partial charge in [-0.05, 0) is 55.3 Å². The molecule has 5 heterocycles. The second kappa shape index (κ2) is 9.83. The molecule has 0 spiro atoms. The Morgan fingerprint density at radius 2 is 2.13 bits per heavy atom. The van der Waals surface area contributed by atoms with Crippen molar-refractivity contribution in [3.05, 3.63) is 90.3 Å². The molecule has 38 heavy (non-hydrogen) atoms. The van der Waals surface area contributed by atoms with Crippen LogP contribution in [0.5, 0.6) is 0 Å². The van der Waals surface area contributed by atoms with E-state index in [9.17, 15) is 0 Å². The molecular weight excluding hydrogens is 497 g/mol. The van der Waals surface area contributed by atoms with Gasteiger partial charge in [0.2, 0.25) is 0 Å². The maximum Gasteiger partial charge on any atom is 0.178 e. The van der Waals surface area contributed by atoms with Crippen molar-refractivity contribution in [2.24, 2.45) is 5.92 Å². The number of nitrogens with zero attached hydrogens (tertiary/aromatic N) is 4. The second-order valence-electron chi connectivity index (χ2n) is 9.23. The average molecular weight is 524 g/mol. The van der Waals surface area contributed by atoms with E-state index in [0.717, 1.165) is 40.2 Å². The van der Waals surface area contributed by atoms with Crippen LogP contribution in [-0.4, -0.2) is 30.1 Å². The van der Waals surface area contributed by atoms with Gasteiger partial charge >= 0.3 is 0 Å². The third kappa shape index (κ3) is 4.14. The van der Waals surface area contributed by atoms with E-state index in [0.29, 0.717) is 39.6 Å². The number of allylic oxidation sites excluding steroid dienone is 5. The summed E-state index contributed by atoms with van der Waals surface area (Å²) in [5.41, 5.74) is 5.69. The second-order valence-corrected chi connectivity index (χ2v) is 10.2. The van der Waals surface area contributed by atoms with E-state index in [4.69, 9.17) is 0 Å². The van der Waals surface area contributed by atoms with Gasteiger partial charge in [0, 0.05) is 33.6 Å². The number of fused-ring (bicyclic) bond motifs is 2. The summed E-state index contributed by atoms with van der Waals surface area (Å²) in [6, 6.07) is 5.98. The number of aromatic nitrogens is 6. The Hall–Kier alpha value is -4.37. The molecule has 0 aliphatic heterocycles. The van der Waals surface area contributed by atoms with Gasteiger partial charge in [-0.2, -0.15) is 5.10 Å². The monoisotopic (exact) mass is 523 g/mol. The maximum atomic E-state index is 16.1. The number of imidazole rings is 1. The van der Waals surface area contributed by atoms with E-state index >= 15 is 4.39 Å². The summed E-state index contributed by atoms with van der Waals surface area (Å²) in [5.74, 6) is 0.413. The Balaban J connectivity index is 1.41. The van der Waals surface area contributed by atoms with Crippen molar-refractivity contribution in [2.45, 2.75) is 26.2 Å². The molecule has 1 aliphatic carbocycles. The van der Waals surface area contributed by atoms with Crippen LogP contribution in [0.1, 0.15) is 31.9 Å². The molecule has 1 aliphatic rings. The zero-order valence-electron chi connectivity index (χ0n) is 20.9. The van der Waals surface area contributed by atoms with Crippen molar-refractivity contribution in [1.29, 1.82) is 0 Å². The molecule has 6 rings (SSSR count). The molecule has 0 bridgehead atoms. The molecule has 3 N–H and O–H groups in total. The van der Waals surface area contributed by atoms with Gasteiger partial charge in [0.05, 0.1) is 22.6 Å². The van der Waals surface area contributed by atoms with Gasteiger partial charge in [-0.15, -0.1) is 11.3 Å². The summed E-state index contributed by atoms with van der Waals surface area (Å²) in [4.78, 5) is 17.9. The first-order valence-corrected chi connectivity index (χ1v) is 13.3. The molecular formula is C29H26FN7S. The van der Waals surface area contributed by atoms with Gasteiger partial charge in [-0.1, -0.05) is 31.7 Å². The number of H-pyrrole nitrogens is 2. The fraction of sp³-hybridized carbons (Fsp3) is 0.172. The van der Waals surface area contributed by atoms with Gasteiger partial charge in [-0.3, -0.25) is 10.1 Å². The van der Waals surface area contributed by atoms with Crippen LogP contribution >= 0.6 is 11.3 Å². The Morgan fingerprint density at radius 1 is 1.26 bits per heavy atom. The van der Waals surface area contributed by atoms with Gasteiger partial charge < -0.3 is 10.3 Å². The Bertz CT molecular complexity index is 1740. The first-order valence-electron chi connectivity index (χ1n) is 12.5. The van der Waals surface area contributed by atoms with Gasteiger partial charge in [0.15, 0.2) is 17.3 Å². The smallest absolute Gasteiger partial charge is 0.178 e. The summed E-state index contributed by atoms with van der Waals surface area (Å²) >= 11 is 1.63.